The molecule has 0 atom stereocenters. The highest BCUT2D eigenvalue weighted by atomic mass is 35.5. The maximum atomic E-state index is 14.2. The summed E-state index contributed by atoms with van der Waals surface area (Å²) in [5, 5.41) is 3.64. The van der Waals surface area contributed by atoms with Crippen molar-refractivity contribution in [2.75, 3.05) is 20.1 Å². The van der Waals surface area contributed by atoms with Crippen LogP contribution in [0.1, 0.15) is 44.1 Å². The fraction of sp³-hybridized carbons (Fsp3) is 0.385. The summed E-state index contributed by atoms with van der Waals surface area (Å²) in [4.78, 5) is 45.4. The Kier molecular flexibility index (Phi) is 5.59. The molecule has 0 aliphatic carbocycles. The summed E-state index contributed by atoms with van der Waals surface area (Å²) in [6, 6.07) is 7.78. The Hall–Kier alpha value is -3.46. The number of imide groups is 1. The van der Waals surface area contributed by atoms with Crippen LogP contribution in [0.15, 0.2) is 36.5 Å². The van der Waals surface area contributed by atoms with Crippen LogP contribution < -0.4 is 5.32 Å². The molecule has 0 saturated carbocycles. The largest absolute Gasteiger partial charge is 0.337 e. The van der Waals surface area contributed by atoms with Gasteiger partial charge in [0.05, 0.1) is 5.02 Å². The number of piperidine rings is 1. The van der Waals surface area contributed by atoms with Gasteiger partial charge in [0.25, 0.3) is 11.8 Å². The van der Waals surface area contributed by atoms with Crippen molar-refractivity contribution in [1.29, 1.82) is 0 Å². The number of carbonyl (C=O) groups is 3. The summed E-state index contributed by atoms with van der Waals surface area (Å²) in [6.07, 6.45) is 2.62. The van der Waals surface area contributed by atoms with Crippen LogP contribution in [0.3, 0.4) is 0 Å². The molecule has 4 heterocycles. The normalized spacial score (nSPS) is 17.8. The SMILES string of the molecule is CN1C(=O)NC2(CCN(C(=O)c3ccc4c(-c5ccc(Cl)c(F)c5)cn(C(C)(C)C)c4n3)CC2)C1=O. The van der Waals surface area contributed by atoms with E-state index in [1.165, 1.54) is 19.2 Å². The first kappa shape index (κ1) is 24.2. The number of carbonyl (C=O) groups excluding carboxylic acids is 3. The molecule has 188 valence electrons. The van der Waals surface area contributed by atoms with Gasteiger partial charge in [-0.2, -0.15) is 0 Å². The van der Waals surface area contributed by atoms with E-state index in [-0.39, 0.29) is 28.1 Å². The van der Waals surface area contributed by atoms with Gasteiger partial charge < -0.3 is 14.8 Å². The number of likely N-dealkylation sites (tertiary alicyclic amines) is 1. The van der Waals surface area contributed by atoms with Crippen LogP contribution in [-0.2, 0) is 10.3 Å². The first-order valence-corrected chi connectivity index (χ1v) is 12.2. The molecule has 2 aliphatic heterocycles. The molecule has 3 aromatic rings. The quantitative estimate of drug-likeness (QED) is 0.516. The van der Waals surface area contributed by atoms with Crippen LogP contribution in [0.5, 0.6) is 0 Å². The van der Waals surface area contributed by atoms with Gasteiger partial charge in [-0.15, -0.1) is 0 Å². The number of rotatable bonds is 2. The molecular weight excluding hydrogens is 485 g/mol. The number of halogens is 2. The Balaban J connectivity index is 1.47. The minimum absolute atomic E-state index is 0.0538. The average molecular weight is 512 g/mol. The number of likely N-dealkylation sites (N-methyl/N-ethyl adjacent to an activating group) is 1. The van der Waals surface area contributed by atoms with Gasteiger partial charge in [0.2, 0.25) is 0 Å². The maximum Gasteiger partial charge on any atom is 0.324 e. The Labute approximate surface area is 213 Å². The standard InChI is InChI=1S/C26H27ClFN5O3/c1-25(2,3)33-14-17(15-5-7-18(27)19(28)13-15)16-6-8-20(29-21(16)33)22(34)32-11-9-26(10-12-32)23(35)31(4)24(36)30-26/h5-8,13-14H,9-12H2,1-4H3,(H,30,36). The highest BCUT2D eigenvalue weighted by molar-refractivity contribution is 6.30. The van der Waals surface area contributed by atoms with E-state index in [1.807, 2.05) is 37.6 Å². The van der Waals surface area contributed by atoms with Gasteiger partial charge in [0.1, 0.15) is 22.7 Å². The molecule has 2 aromatic heterocycles. The molecule has 5 rings (SSSR count). The third kappa shape index (κ3) is 3.82. The zero-order valence-electron chi connectivity index (χ0n) is 20.6. The van der Waals surface area contributed by atoms with Crippen LogP contribution >= 0.6 is 11.6 Å². The van der Waals surface area contributed by atoms with E-state index in [2.05, 4.69) is 5.32 Å². The molecule has 2 saturated heterocycles. The topological polar surface area (TPSA) is 87.5 Å². The Morgan fingerprint density at radius 3 is 2.42 bits per heavy atom. The highest BCUT2D eigenvalue weighted by Gasteiger charge is 2.51. The van der Waals surface area contributed by atoms with E-state index in [9.17, 15) is 18.8 Å². The van der Waals surface area contributed by atoms with Gasteiger partial charge in [-0.05, 0) is 63.4 Å². The Morgan fingerprint density at radius 1 is 1.14 bits per heavy atom. The third-order valence-corrected chi connectivity index (χ3v) is 7.40. The summed E-state index contributed by atoms with van der Waals surface area (Å²) in [6.45, 7) is 6.75. The Bertz CT molecular complexity index is 1420. The van der Waals surface area contributed by atoms with Crippen LogP contribution in [0.25, 0.3) is 22.2 Å². The number of nitrogens with zero attached hydrogens (tertiary/aromatic N) is 4. The van der Waals surface area contributed by atoms with Crippen molar-refractivity contribution in [1.82, 2.24) is 24.7 Å². The number of aromatic nitrogens is 2. The summed E-state index contributed by atoms with van der Waals surface area (Å²) in [5.74, 6) is -0.998. The predicted octanol–water partition coefficient (Wildman–Crippen LogP) is 4.41. The lowest BCUT2D eigenvalue weighted by Crippen LogP contribution is -2.55. The van der Waals surface area contributed by atoms with Crippen molar-refractivity contribution in [3.8, 4) is 11.1 Å². The molecule has 4 amide bonds. The van der Waals surface area contributed by atoms with Crippen molar-refractivity contribution >= 4 is 40.5 Å². The fourth-order valence-electron chi connectivity index (χ4n) is 4.97. The second-order valence-electron chi connectivity index (χ2n) is 10.4. The van der Waals surface area contributed by atoms with E-state index in [1.54, 1.807) is 17.0 Å². The summed E-state index contributed by atoms with van der Waals surface area (Å²) >= 11 is 5.88. The molecule has 0 bridgehead atoms. The molecule has 1 aromatic carbocycles. The van der Waals surface area contributed by atoms with E-state index < -0.39 is 17.4 Å². The number of benzene rings is 1. The monoisotopic (exact) mass is 511 g/mol. The first-order chi connectivity index (χ1) is 16.9. The summed E-state index contributed by atoms with van der Waals surface area (Å²) in [7, 11) is 1.46. The van der Waals surface area contributed by atoms with Crippen molar-refractivity contribution in [3.63, 3.8) is 0 Å². The number of urea groups is 1. The first-order valence-electron chi connectivity index (χ1n) is 11.8. The molecule has 10 heteroatoms. The third-order valence-electron chi connectivity index (χ3n) is 7.09. The van der Waals surface area contributed by atoms with Crippen molar-refractivity contribution in [2.24, 2.45) is 0 Å². The summed E-state index contributed by atoms with van der Waals surface area (Å²) < 4.78 is 16.2. The van der Waals surface area contributed by atoms with Gasteiger partial charge in [-0.3, -0.25) is 14.5 Å². The van der Waals surface area contributed by atoms with Gasteiger partial charge >= 0.3 is 6.03 Å². The minimum Gasteiger partial charge on any atom is -0.337 e. The van der Waals surface area contributed by atoms with E-state index in [4.69, 9.17) is 16.6 Å². The van der Waals surface area contributed by atoms with Gasteiger partial charge in [0.15, 0.2) is 0 Å². The molecule has 1 spiro atoms. The molecule has 1 N–H and O–H groups in total. The molecule has 36 heavy (non-hydrogen) atoms. The smallest absolute Gasteiger partial charge is 0.324 e. The Morgan fingerprint density at radius 2 is 1.83 bits per heavy atom. The van der Waals surface area contributed by atoms with E-state index in [0.717, 1.165) is 15.8 Å². The second kappa shape index (κ2) is 8.30. The van der Waals surface area contributed by atoms with Gasteiger partial charge in [-0.1, -0.05) is 17.7 Å². The van der Waals surface area contributed by atoms with Gasteiger partial charge in [0, 0.05) is 42.8 Å². The number of hydrogen-bond donors (Lipinski definition) is 1. The fourth-order valence-corrected chi connectivity index (χ4v) is 5.09. The number of amides is 4. The van der Waals surface area contributed by atoms with Crippen molar-refractivity contribution in [3.05, 3.63) is 53.1 Å². The highest BCUT2D eigenvalue weighted by Crippen LogP contribution is 2.35. The van der Waals surface area contributed by atoms with Crippen molar-refractivity contribution < 1.29 is 18.8 Å². The zero-order valence-corrected chi connectivity index (χ0v) is 21.3. The van der Waals surface area contributed by atoms with Crippen LogP contribution in [0.4, 0.5) is 9.18 Å². The summed E-state index contributed by atoms with van der Waals surface area (Å²) in [5.41, 5.74) is 1.08. The van der Waals surface area contributed by atoms with Crippen LogP contribution in [0, 0.1) is 5.82 Å². The lowest BCUT2D eigenvalue weighted by molar-refractivity contribution is -0.131. The average Bonchev–Trinajstić information content (AvgIpc) is 3.32. The molecular formula is C26H27ClFN5O3. The maximum absolute atomic E-state index is 14.2. The predicted molar refractivity (Wildman–Crippen MR) is 134 cm³/mol. The zero-order chi connectivity index (χ0) is 26.0. The van der Waals surface area contributed by atoms with E-state index in [0.29, 0.717) is 37.1 Å². The number of fused-ring (bicyclic) bond motifs is 1. The van der Waals surface area contributed by atoms with Crippen LogP contribution in [0.2, 0.25) is 5.02 Å². The lowest BCUT2D eigenvalue weighted by atomic mass is 9.87. The molecule has 8 nitrogen and oxygen atoms in total. The lowest BCUT2D eigenvalue weighted by Gasteiger charge is -2.37. The van der Waals surface area contributed by atoms with E-state index >= 15 is 0 Å². The number of pyridine rings is 1. The number of hydrogen-bond acceptors (Lipinski definition) is 4. The van der Waals surface area contributed by atoms with Crippen molar-refractivity contribution in [2.45, 2.75) is 44.7 Å². The molecule has 2 fully saturated rings. The minimum atomic E-state index is -0.941. The molecule has 0 unspecified atom stereocenters. The van der Waals surface area contributed by atoms with Gasteiger partial charge in [-0.25, -0.2) is 14.2 Å². The van der Waals surface area contributed by atoms with Crippen LogP contribution in [-0.4, -0.2) is 62.9 Å². The number of nitrogens with one attached hydrogen (secondary N) is 1. The molecule has 0 radical (unpaired) electrons. The molecule has 2 aliphatic rings. The second-order valence-corrected chi connectivity index (χ2v) is 10.9.